The fraction of sp³-hybridized carbons (Fsp3) is 0.923. The van der Waals surface area contributed by atoms with Gasteiger partial charge in [0, 0.05) is 0 Å². The van der Waals surface area contributed by atoms with Gasteiger partial charge in [-0.15, -0.1) is 0 Å². The SMILES string of the molecule is CCCCCOC(=O)C(C)(C)C(C)CC. The van der Waals surface area contributed by atoms with Gasteiger partial charge in [-0.3, -0.25) is 4.79 Å². The van der Waals surface area contributed by atoms with Crippen molar-refractivity contribution in [2.45, 2.75) is 60.3 Å². The van der Waals surface area contributed by atoms with Gasteiger partial charge in [0.25, 0.3) is 0 Å². The molecule has 0 spiro atoms. The molecule has 1 unspecified atom stereocenters. The van der Waals surface area contributed by atoms with Crippen LogP contribution in [0.15, 0.2) is 0 Å². The maximum Gasteiger partial charge on any atom is 0.311 e. The fourth-order valence-corrected chi connectivity index (χ4v) is 1.41. The molecular formula is C13H26O2. The van der Waals surface area contributed by atoms with Gasteiger partial charge in [-0.05, 0) is 26.2 Å². The van der Waals surface area contributed by atoms with Crippen LogP contribution in [0.5, 0.6) is 0 Å². The summed E-state index contributed by atoms with van der Waals surface area (Å²) >= 11 is 0. The first-order chi connectivity index (χ1) is 6.96. The minimum Gasteiger partial charge on any atom is -0.465 e. The van der Waals surface area contributed by atoms with Crippen LogP contribution < -0.4 is 0 Å². The summed E-state index contributed by atoms with van der Waals surface area (Å²) in [5, 5.41) is 0. The van der Waals surface area contributed by atoms with E-state index in [1.165, 1.54) is 0 Å². The van der Waals surface area contributed by atoms with E-state index in [1.807, 2.05) is 13.8 Å². The highest BCUT2D eigenvalue weighted by molar-refractivity contribution is 5.76. The van der Waals surface area contributed by atoms with Gasteiger partial charge in [-0.2, -0.15) is 0 Å². The van der Waals surface area contributed by atoms with Crippen LogP contribution in [0, 0.1) is 11.3 Å². The molecule has 0 fully saturated rings. The molecule has 2 nitrogen and oxygen atoms in total. The van der Waals surface area contributed by atoms with Crippen LogP contribution in [0.25, 0.3) is 0 Å². The summed E-state index contributed by atoms with van der Waals surface area (Å²) in [5.74, 6) is 0.323. The second-order valence-electron chi connectivity index (χ2n) is 4.87. The maximum absolute atomic E-state index is 11.8. The highest BCUT2D eigenvalue weighted by atomic mass is 16.5. The van der Waals surface area contributed by atoms with E-state index in [1.54, 1.807) is 0 Å². The van der Waals surface area contributed by atoms with Gasteiger partial charge in [0.2, 0.25) is 0 Å². The Morgan fingerprint density at radius 1 is 1.27 bits per heavy atom. The molecule has 0 bridgehead atoms. The normalized spacial score (nSPS) is 13.7. The van der Waals surface area contributed by atoms with Crippen molar-refractivity contribution in [1.82, 2.24) is 0 Å². The third-order valence-electron chi connectivity index (χ3n) is 3.35. The predicted molar refractivity (Wildman–Crippen MR) is 63.7 cm³/mol. The largest absolute Gasteiger partial charge is 0.465 e. The second-order valence-corrected chi connectivity index (χ2v) is 4.87. The molecular weight excluding hydrogens is 188 g/mol. The van der Waals surface area contributed by atoms with E-state index in [2.05, 4.69) is 20.8 Å². The lowest BCUT2D eigenvalue weighted by Crippen LogP contribution is -2.33. The molecule has 0 aromatic carbocycles. The van der Waals surface area contributed by atoms with Crippen molar-refractivity contribution in [2.75, 3.05) is 6.61 Å². The maximum atomic E-state index is 11.8. The minimum absolute atomic E-state index is 0.0482. The number of esters is 1. The monoisotopic (exact) mass is 214 g/mol. The first kappa shape index (κ1) is 14.5. The Hall–Kier alpha value is -0.530. The molecule has 0 aromatic heterocycles. The summed E-state index contributed by atoms with van der Waals surface area (Å²) in [4.78, 5) is 11.8. The van der Waals surface area contributed by atoms with E-state index >= 15 is 0 Å². The van der Waals surface area contributed by atoms with E-state index in [9.17, 15) is 4.79 Å². The zero-order chi connectivity index (χ0) is 11.9. The zero-order valence-corrected chi connectivity index (χ0v) is 10.9. The minimum atomic E-state index is -0.346. The molecule has 2 heteroatoms. The average molecular weight is 214 g/mol. The average Bonchev–Trinajstić information content (AvgIpc) is 2.22. The molecule has 0 radical (unpaired) electrons. The molecule has 0 amide bonds. The third-order valence-corrected chi connectivity index (χ3v) is 3.35. The van der Waals surface area contributed by atoms with Gasteiger partial charge in [0.1, 0.15) is 0 Å². The molecule has 0 heterocycles. The van der Waals surface area contributed by atoms with Crippen LogP contribution in [0.2, 0.25) is 0 Å². The molecule has 0 saturated carbocycles. The number of ether oxygens (including phenoxy) is 1. The number of rotatable bonds is 7. The molecule has 1 atom stereocenters. The van der Waals surface area contributed by atoms with Gasteiger partial charge in [-0.1, -0.05) is 40.0 Å². The van der Waals surface area contributed by atoms with Crippen LogP contribution >= 0.6 is 0 Å². The number of unbranched alkanes of at least 4 members (excludes halogenated alkanes) is 2. The Balaban J connectivity index is 3.97. The predicted octanol–water partition coefficient (Wildman–Crippen LogP) is 3.79. The molecule has 0 aromatic rings. The summed E-state index contributed by atoms with van der Waals surface area (Å²) in [6.45, 7) is 10.9. The molecule has 0 saturated heterocycles. The van der Waals surface area contributed by atoms with Gasteiger partial charge in [0.15, 0.2) is 0 Å². The third kappa shape index (κ3) is 4.67. The van der Waals surface area contributed by atoms with Gasteiger partial charge in [0.05, 0.1) is 12.0 Å². The second kappa shape index (κ2) is 6.86. The highest BCUT2D eigenvalue weighted by Crippen LogP contribution is 2.30. The molecule has 90 valence electrons. The van der Waals surface area contributed by atoms with Crippen molar-refractivity contribution < 1.29 is 9.53 Å². The Bertz CT molecular complexity index is 185. The van der Waals surface area contributed by atoms with Crippen molar-refractivity contribution in [2.24, 2.45) is 11.3 Å². The number of hydrogen-bond acceptors (Lipinski definition) is 2. The Morgan fingerprint density at radius 3 is 2.33 bits per heavy atom. The quantitative estimate of drug-likeness (QED) is 0.476. The molecule has 0 N–H and O–H groups in total. The fourth-order valence-electron chi connectivity index (χ4n) is 1.41. The summed E-state index contributed by atoms with van der Waals surface area (Å²) in [6.07, 6.45) is 4.29. The van der Waals surface area contributed by atoms with Crippen LogP contribution in [-0.4, -0.2) is 12.6 Å². The lowest BCUT2D eigenvalue weighted by atomic mass is 9.78. The smallest absolute Gasteiger partial charge is 0.311 e. The highest BCUT2D eigenvalue weighted by Gasteiger charge is 2.34. The Kier molecular flexibility index (Phi) is 6.62. The number of carbonyl (C=O) groups is 1. The zero-order valence-electron chi connectivity index (χ0n) is 10.9. The molecule has 0 rings (SSSR count). The Labute approximate surface area is 94.4 Å². The number of hydrogen-bond donors (Lipinski definition) is 0. The van der Waals surface area contributed by atoms with Gasteiger partial charge in [-0.25, -0.2) is 0 Å². The van der Waals surface area contributed by atoms with E-state index < -0.39 is 0 Å². The lowest BCUT2D eigenvalue weighted by Gasteiger charge is -2.28. The van der Waals surface area contributed by atoms with Crippen molar-refractivity contribution in [3.63, 3.8) is 0 Å². The van der Waals surface area contributed by atoms with Crippen molar-refractivity contribution in [1.29, 1.82) is 0 Å². The van der Waals surface area contributed by atoms with E-state index in [4.69, 9.17) is 4.74 Å². The topological polar surface area (TPSA) is 26.3 Å². The summed E-state index contributed by atoms with van der Waals surface area (Å²) in [5.41, 5.74) is -0.346. The van der Waals surface area contributed by atoms with Crippen LogP contribution in [0.4, 0.5) is 0 Å². The molecule has 0 aliphatic carbocycles. The first-order valence-electron chi connectivity index (χ1n) is 6.14. The van der Waals surface area contributed by atoms with Crippen molar-refractivity contribution in [3.05, 3.63) is 0 Å². The van der Waals surface area contributed by atoms with Crippen molar-refractivity contribution >= 4 is 5.97 Å². The van der Waals surface area contributed by atoms with E-state index in [0.29, 0.717) is 12.5 Å². The van der Waals surface area contributed by atoms with Crippen molar-refractivity contribution in [3.8, 4) is 0 Å². The van der Waals surface area contributed by atoms with Gasteiger partial charge < -0.3 is 4.74 Å². The van der Waals surface area contributed by atoms with E-state index in [-0.39, 0.29) is 11.4 Å². The first-order valence-corrected chi connectivity index (χ1v) is 6.14. The van der Waals surface area contributed by atoms with Crippen LogP contribution in [-0.2, 0) is 9.53 Å². The molecule has 0 aliphatic rings. The standard InChI is InChI=1S/C13H26O2/c1-6-8-9-10-15-12(14)13(4,5)11(3)7-2/h11H,6-10H2,1-5H3. The lowest BCUT2D eigenvalue weighted by molar-refractivity contribution is -0.157. The Morgan fingerprint density at radius 2 is 1.87 bits per heavy atom. The van der Waals surface area contributed by atoms with Crippen LogP contribution in [0.1, 0.15) is 60.3 Å². The number of carbonyl (C=O) groups excluding carboxylic acids is 1. The van der Waals surface area contributed by atoms with E-state index in [0.717, 1.165) is 25.7 Å². The van der Waals surface area contributed by atoms with Gasteiger partial charge >= 0.3 is 5.97 Å². The summed E-state index contributed by atoms with van der Waals surface area (Å²) < 4.78 is 5.29. The molecule has 0 aliphatic heterocycles. The summed E-state index contributed by atoms with van der Waals surface area (Å²) in [6, 6.07) is 0. The van der Waals surface area contributed by atoms with Crippen LogP contribution in [0.3, 0.4) is 0 Å². The summed E-state index contributed by atoms with van der Waals surface area (Å²) in [7, 11) is 0. The molecule has 15 heavy (non-hydrogen) atoms.